The quantitative estimate of drug-likeness (QED) is 0.193. The fraction of sp³-hybridized carbons (Fsp3) is 0.421. The second-order valence-electron chi connectivity index (χ2n) is 6.20. The number of methoxy groups -OCH3 is 1. The van der Waals surface area contributed by atoms with E-state index >= 15 is 0 Å². The molecule has 0 amide bonds. The van der Waals surface area contributed by atoms with Crippen LogP contribution in [0.15, 0.2) is 39.5 Å². The molecule has 1 aromatic carbocycles. The number of aliphatic imine (C=N–C) groups is 1. The molecule has 2 rings (SSSR count). The molecule has 0 radical (unpaired) electrons. The van der Waals surface area contributed by atoms with Crippen LogP contribution in [-0.4, -0.2) is 41.1 Å². The SMILES string of the molecule is CCNC(=NCc1ccc(C)cc1OC)NCCNS(=O)(=O)c1ccc(C)s1.I. The number of guanidine groups is 1. The Kier molecular flexibility index (Phi) is 10.9. The van der Waals surface area contributed by atoms with Crippen LogP contribution in [0.4, 0.5) is 0 Å². The smallest absolute Gasteiger partial charge is 0.250 e. The van der Waals surface area contributed by atoms with Crippen LogP contribution >= 0.6 is 35.3 Å². The zero-order valence-corrected chi connectivity index (χ0v) is 21.1. The highest BCUT2D eigenvalue weighted by molar-refractivity contribution is 14.0. The molecule has 0 spiro atoms. The van der Waals surface area contributed by atoms with Crippen molar-refractivity contribution >= 4 is 51.3 Å². The lowest BCUT2D eigenvalue weighted by molar-refractivity contribution is 0.409. The molecule has 0 aliphatic rings. The summed E-state index contributed by atoms with van der Waals surface area (Å²) < 4.78 is 32.8. The molecule has 7 nitrogen and oxygen atoms in total. The van der Waals surface area contributed by atoms with Crippen molar-refractivity contribution in [3.8, 4) is 5.75 Å². The van der Waals surface area contributed by atoms with Gasteiger partial charge in [0.05, 0.1) is 13.7 Å². The Morgan fingerprint density at radius 1 is 1.14 bits per heavy atom. The number of thiophene rings is 1. The minimum atomic E-state index is -3.47. The van der Waals surface area contributed by atoms with Crippen molar-refractivity contribution in [1.82, 2.24) is 15.4 Å². The van der Waals surface area contributed by atoms with Gasteiger partial charge in [0.25, 0.3) is 0 Å². The van der Waals surface area contributed by atoms with E-state index in [0.29, 0.717) is 29.8 Å². The summed E-state index contributed by atoms with van der Waals surface area (Å²) in [5.41, 5.74) is 2.11. The van der Waals surface area contributed by atoms with Crippen molar-refractivity contribution in [1.29, 1.82) is 0 Å². The molecule has 0 fully saturated rings. The number of aryl methyl sites for hydroxylation is 2. The zero-order valence-electron chi connectivity index (χ0n) is 17.1. The summed E-state index contributed by atoms with van der Waals surface area (Å²) in [6.45, 7) is 7.72. The van der Waals surface area contributed by atoms with Gasteiger partial charge in [-0.1, -0.05) is 12.1 Å². The number of halogens is 1. The van der Waals surface area contributed by atoms with Crippen LogP contribution in [0, 0.1) is 13.8 Å². The second-order valence-corrected chi connectivity index (χ2v) is 9.48. The highest BCUT2D eigenvalue weighted by atomic mass is 127. The Hall–Kier alpha value is -1.37. The lowest BCUT2D eigenvalue weighted by Crippen LogP contribution is -2.41. The van der Waals surface area contributed by atoms with Gasteiger partial charge in [-0.05, 0) is 44.5 Å². The highest BCUT2D eigenvalue weighted by Gasteiger charge is 2.15. The molecule has 0 unspecified atom stereocenters. The minimum Gasteiger partial charge on any atom is -0.496 e. The third kappa shape index (κ3) is 8.11. The van der Waals surface area contributed by atoms with E-state index in [4.69, 9.17) is 4.74 Å². The van der Waals surface area contributed by atoms with Gasteiger partial charge < -0.3 is 15.4 Å². The molecule has 1 heterocycles. The van der Waals surface area contributed by atoms with Gasteiger partial charge in [-0.25, -0.2) is 18.1 Å². The standard InChI is InChI=1S/C19H28N4O3S2.HI/c1-5-20-19(22-13-16-8-6-14(2)12-17(16)26-4)21-10-11-23-28(24,25)18-9-7-15(3)27-18;/h6-9,12,23H,5,10-11,13H2,1-4H3,(H2,20,21,22);1H. The predicted octanol–water partition coefficient (Wildman–Crippen LogP) is 3.03. The van der Waals surface area contributed by atoms with Crippen molar-refractivity contribution in [3.63, 3.8) is 0 Å². The first-order chi connectivity index (χ1) is 13.4. The van der Waals surface area contributed by atoms with Gasteiger partial charge in [0, 0.05) is 30.1 Å². The molecule has 2 aromatic rings. The Labute approximate surface area is 194 Å². The van der Waals surface area contributed by atoms with Crippen molar-refractivity contribution in [2.24, 2.45) is 4.99 Å². The van der Waals surface area contributed by atoms with Gasteiger partial charge in [-0.2, -0.15) is 0 Å². The second kappa shape index (κ2) is 12.4. The van der Waals surface area contributed by atoms with E-state index in [1.54, 1.807) is 19.2 Å². The van der Waals surface area contributed by atoms with Crippen LogP contribution in [0.1, 0.15) is 22.9 Å². The molecule has 162 valence electrons. The molecule has 10 heteroatoms. The van der Waals surface area contributed by atoms with E-state index in [9.17, 15) is 8.42 Å². The van der Waals surface area contributed by atoms with Gasteiger partial charge in [0.15, 0.2) is 5.96 Å². The first-order valence-corrected chi connectivity index (χ1v) is 11.4. The maximum atomic E-state index is 12.2. The van der Waals surface area contributed by atoms with Gasteiger partial charge in [-0.15, -0.1) is 35.3 Å². The number of ether oxygens (including phenoxy) is 1. The predicted molar refractivity (Wildman–Crippen MR) is 130 cm³/mol. The minimum absolute atomic E-state index is 0. The summed E-state index contributed by atoms with van der Waals surface area (Å²) in [6.07, 6.45) is 0. The van der Waals surface area contributed by atoms with Crippen molar-refractivity contribution in [2.45, 2.75) is 31.5 Å². The van der Waals surface area contributed by atoms with Crippen molar-refractivity contribution in [2.75, 3.05) is 26.7 Å². The third-order valence-corrected chi connectivity index (χ3v) is 6.84. The molecular weight excluding hydrogens is 523 g/mol. The molecule has 0 aliphatic heterocycles. The van der Waals surface area contributed by atoms with E-state index in [-0.39, 0.29) is 30.5 Å². The number of nitrogens with one attached hydrogen (secondary N) is 3. The van der Waals surface area contributed by atoms with E-state index in [1.807, 2.05) is 39.0 Å². The molecular formula is C19H29IN4O3S2. The number of hydrogen-bond acceptors (Lipinski definition) is 5. The van der Waals surface area contributed by atoms with Crippen LogP contribution in [-0.2, 0) is 16.6 Å². The average molecular weight is 553 g/mol. The van der Waals surface area contributed by atoms with Crippen LogP contribution in [0.2, 0.25) is 0 Å². The van der Waals surface area contributed by atoms with E-state index in [0.717, 1.165) is 21.8 Å². The number of hydrogen-bond donors (Lipinski definition) is 3. The molecule has 0 atom stereocenters. The molecule has 0 aliphatic carbocycles. The lowest BCUT2D eigenvalue weighted by Gasteiger charge is -2.13. The van der Waals surface area contributed by atoms with Gasteiger partial charge in [0.1, 0.15) is 9.96 Å². The summed E-state index contributed by atoms with van der Waals surface area (Å²) in [7, 11) is -1.82. The molecule has 0 saturated heterocycles. The van der Waals surface area contributed by atoms with Crippen LogP contribution in [0.3, 0.4) is 0 Å². The van der Waals surface area contributed by atoms with Crippen molar-refractivity contribution in [3.05, 3.63) is 46.3 Å². The topological polar surface area (TPSA) is 91.8 Å². The van der Waals surface area contributed by atoms with E-state index in [2.05, 4.69) is 20.3 Å². The van der Waals surface area contributed by atoms with Crippen LogP contribution in [0.25, 0.3) is 0 Å². The van der Waals surface area contributed by atoms with Gasteiger partial charge in [0.2, 0.25) is 10.0 Å². The summed E-state index contributed by atoms with van der Waals surface area (Å²) in [4.78, 5) is 5.52. The lowest BCUT2D eigenvalue weighted by atomic mass is 10.1. The number of rotatable bonds is 9. The zero-order chi connectivity index (χ0) is 20.6. The van der Waals surface area contributed by atoms with Crippen molar-refractivity contribution < 1.29 is 13.2 Å². The van der Waals surface area contributed by atoms with Gasteiger partial charge in [-0.3, -0.25) is 0 Å². The summed E-state index contributed by atoms with van der Waals surface area (Å²) in [5.74, 6) is 1.43. The van der Waals surface area contributed by atoms with E-state index < -0.39 is 10.0 Å². The highest BCUT2D eigenvalue weighted by Crippen LogP contribution is 2.21. The summed E-state index contributed by atoms with van der Waals surface area (Å²) in [5, 5.41) is 6.30. The van der Waals surface area contributed by atoms with Crippen LogP contribution in [0.5, 0.6) is 5.75 Å². The molecule has 29 heavy (non-hydrogen) atoms. The normalized spacial score (nSPS) is 11.7. The largest absolute Gasteiger partial charge is 0.496 e. The van der Waals surface area contributed by atoms with E-state index in [1.165, 1.54) is 11.3 Å². The number of sulfonamides is 1. The monoisotopic (exact) mass is 552 g/mol. The Bertz CT molecular complexity index is 914. The maximum Gasteiger partial charge on any atom is 0.250 e. The maximum absolute atomic E-state index is 12.2. The fourth-order valence-corrected chi connectivity index (χ4v) is 4.84. The Morgan fingerprint density at radius 2 is 1.90 bits per heavy atom. The molecule has 0 saturated carbocycles. The van der Waals surface area contributed by atoms with Crippen LogP contribution < -0.4 is 20.1 Å². The molecule has 3 N–H and O–H groups in total. The first-order valence-electron chi connectivity index (χ1n) is 9.07. The van der Waals surface area contributed by atoms with Gasteiger partial charge >= 0.3 is 0 Å². The summed E-state index contributed by atoms with van der Waals surface area (Å²) >= 11 is 1.26. The fourth-order valence-electron chi connectivity index (χ4n) is 2.48. The Morgan fingerprint density at radius 3 is 2.52 bits per heavy atom. The average Bonchev–Trinajstić information content (AvgIpc) is 3.11. The number of nitrogens with zero attached hydrogens (tertiary/aromatic N) is 1. The molecule has 0 bridgehead atoms. The third-order valence-electron chi connectivity index (χ3n) is 3.88. The number of benzene rings is 1. The summed E-state index contributed by atoms with van der Waals surface area (Å²) in [6, 6.07) is 9.42. The first kappa shape index (κ1) is 25.7. The molecule has 1 aromatic heterocycles. The Balaban J connectivity index is 0.00000420.